The smallest absolute Gasteiger partial charge is 0.252 e. The first-order valence-electron chi connectivity index (χ1n) is 9.74. The van der Waals surface area contributed by atoms with Crippen LogP contribution in [0.1, 0.15) is 56.7 Å². The number of carbonyl (C=O) groups is 3. The van der Waals surface area contributed by atoms with Gasteiger partial charge in [-0.25, -0.2) is 0 Å². The first-order valence-corrected chi connectivity index (χ1v) is 9.74. The lowest BCUT2D eigenvalue weighted by Crippen LogP contribution is -2.33. The van der Waals surface area contributed by atoms with Gasteiger partial charge < -0.3 is 10.2 Å². The number of ketones is 1. The normalized spacial score (nSPS) is 13.4. The van der Waals surface area contributed by atoms with Crippen LogP contribution in [0.5, 0.6) is 0 Å². The summed E-state index contributed by atoms with van der Waals surface area (Å²) in [5.41, 5.74) is 3.42. The van der Waals surface area contributed by atoms with Gasteiger partial charge in [0.2, 0.25) is 5.91 Å². The van der Waals surface area contributed by atoms with Gasteiger partial charge in [0.05, 0.1) is 5.56 Å². The largest absolute Gasteiger partial charge is 0.351 e. The molecule has 146 valence electrons. The van der Waals surface area contributed by atoms with Crippen molar-refractivity contribution in [2.24, 2.45) is 0 Å². The number of carbonyl (C=O) groups excluding carboxylic acids is 3. The van der Waals surface area contributed by atoms with Crippen LogP contribution in [-0.2, 0) is 4.79 Å². The van der Waals surface area contributed by atoms with E-state index < -0.39 is 0 Å². The molecule has 1 N–H and O–H groups in total. The third-order valence-corrected chi connectivity index (χ3v) is 5.27. The van der Waals surface area contributed by atoms with Crippen molar-refractivity contribution >= 4 is 17.6 Å². The lowest BCUT2D eigenvalue weighted by atomic mass is 9.95. The molecule has 1 saturated heterocycles. The highest BCUT2D eigenvalue weighted by molar-refractivity contribution is 6.15. The molecule has 2 amide bonds. The monoisotopic (exact) mass is 378 g/mol. The molecule has 3 rings (SSSR count). The Morgan fingerprint density at radius 1 is 0.929 bits per heavy atom. The second-order valence-corrected chi connectivity index (χ2v) is 7.27. The van der Waals surface area contributed by atoms with Crippen LogP contribution >= 0.6 is 0 Å². The number of nitrogens with one attached hydrogen (secondary N) is 1. The van der Waals surface area contributed by atoms with Crippen LogP contribution in [0.15, 0.2) is 42.5 Å². The summed E-state index contributed by atoms with van der Waals surface area (Å²) in [7, 11) is 0. The summed E-state index contributed by atoms with van der Waals surface area (Å²) in [6.45, 7) is 5.83. The molecule has 5 nitrogen and oxygen atoms in total. The summed E-state index contributed by atoms with van der Waals surface area (Å²) in [6, 6.07) is 12.3. The van der Waals surface area contributed by atoms with E-state index in [1.54, 1.807) is 30.3 Å². The fourth-order valence-corrected chi connectivity index (χ4v) is 3.42. The second kappa shape index (κ2) is 8.83. The molecule has 28 heavy (non-hydrogen) atoms. The molecule has 0 spiro atoms. The molecule has 2 aromatic rings. The molecule has 2 aromatic carbocycles. The maximum absolute atomic E-state index is 13.0. The Labute approximate surface area is 165 Å². The van der Waals surface area contributed by atoms with Gasteiger partial charge in [-0.1, -0.05) is 30.3 Å². The van der Waals surface area contributed by atoms with Crippen LogP contribution in [-0.4, -0.2) is 42.1 Å². The van der Waals surface area contributed by atoms with Crippen molar-refractivity contribution in [2.75, 3.05) is 19.6 Å². The molecule has 0 aromatic heterocycles. The molecule has 0 unspecified atom stereocenters. The van der Waals surface area contributed by atoms with Crippen molar-refractivity contribution in [3.8, 4) is 0 Å². The highest BCUT2D eigenvalue weighted by Crippen LogP contribution is 2.17. The van der Waals surface area contributed by atoms with E-state index in [9.17, 15) is 14.4 Å². The summed E-state index contributed by atoms with van der Waals surface area (Å²) in [5, 5.41) is 2.78. The Hall–Kier alpha value is -2.95. The predicted octanol–water partition coefficient (Wildman–Crippen LogP) is 3.28. The zero-order chi connectivity index (χ0) is 20.1. The molecule has 0 atom stereocenters. The highest BCUT2D eigenvalue weighted by Gasteiger charge is 2.20. The Kier molecular flexibility index (Phi) is 6.24. The number of aryl methyl sites for hydroxylation is 2. The van der Waals surface area contributed by atoms with Crippen LogP contribution in [0.25, 0.3) is 0 Å². The van der Waals surface area contributed by atoms with E-state index >= 15 is 0 Å². The molecule has 0 aliphatic carbocycles. The average Bonchev–Trinajstić information content (AvgIpc) is 3.24. The maximum atomic E-state index is 13.0. The van der Waals surface area contributed by atoms with Crippen molar-refractivity contribution in [2.45, 2.75) is 33.1 Å². The van der Waals surface area contributed by atoms with Crippen LogP contribution in [0, 0.1) is 13.8 Å². The van der Waals surface area contributed by atoms with Crippen molar-refractivity contribution in [3.05, 3.63) is 70.3 Å². The Bertz CT molecular complexity index is 898. The quantitative estimate of drug-likeness (QED) is 0.785. The van der Waals surface area contributed by atoms with Crippen molar-refractivity contribution < 1.29 is 14.4 Å². The van der Waals surface area contributed by atoms with Gasteiger partial charge in [0.15, 0.2) is 5.78 Å². The van der Waals surface area contributed by atoms with E-state index in [-0.39, 0.29) is 30.6 Å². The van der Waals surface area contributed by atoms with Gasteiger partial charge in [0.1, 0.15) is 0 Å². The van der Waals surface area contributed by atoms with E-state index in [0.29, 0.717) is 16.7 Å². The van der Waals surface area contributed by atoms with Crippen molar-refractivity contribution in [1.29, 1.82) is 0 Å². The number of hydrogen-bond acceptors (Lipinski definition) is 3. The van der Waals surface area contributed by atoms with Gasteiger partial charge >= 0.3 is 0 Å². The number of amides is 2. The van der Waals surface area contributed by atoms with Crippen LogP contribution in [0.3, 0.4) is 0 Å². The minimum Gasteiger partial charge on any atom is -0.351 e. The van der Waals surface area contributed by atoms with Gasteiger partial charge in [-0.2, -0.15) is 0 Å². The number of rotatable bonds is 6. The minimum atomic E-state index is -0.331. The van der Waals surface area contributed by atoms with Crippen LogP contribution in [0.2, 0.25) is 0 Å². The molecule has 0 radical (unpaired) electrons. The number of nitrogens with zero attached hydrogens (tertiary/aromatic N) is 1. The third-order valence-electron chi connectivity index (χ3n) is 5.27. The average molecular weight is 378 g/mol. The van der Waals surface area contributed by atoms with E-state index in [0.717, 1.165) is 37.1 Å². The van der Waals surface area contributed by atoms with Crippen LogP contribution in [0.4, 0.5) is 0 Å². The lowest BCUT2D eigenvalue weighted by molar-refractivity contribution is -0.129. The Morgan fingerprint density at radius 2 is 1.61 bits per heavy atom. The third kappa shape index (κ3) is 4.47. The summed E-state index contributed by atoms with van der Waals surface area (Å²) in [5.74, 6) is -0.443. The molecule has 1 fully saturated rings. The highest BCUT2D eigenvalue weighted by atomic mass is 16.2. The fourth-order valence-electron chi connectivity index (χ4n) is 3.42. The van der Waals surface area contributed by atoms with Crippen molar-refractivity contribution in [1.82, 2.24) is 10.2 Å². The Balaban J connectivity index is 1.68. The van der Waals surface area contributed by atoms with Gasteiger partial charge in [-0.15, -0.1) is 0 Å². The number of hydrogen-bond donors (Lipinski definition) is 1. The first-order chi connectivity index (χ1) is 13.5. The van der Waals surface area contributed by atoms with Gasteiger partial charge in [0, 0.05) is 37.2 Å². The molecular weight excluding hydrogens is 352 g/mol. The fraction of sp³-hybridized carbons (Fsp3) is 0.348. The summed E-state index contributed by atoms with van der Waals surface area (Å²) in [6.07, 6.45) is 2.37. The molecule has 5 heteroatoms. The van der Waals surface area contributed by atoms with E-state index in [2.05, 4.69) is 5.32 Å². The standard InChI is InChI=1S/C23H26N2O3/c1-16-9-10-18(15-17(16)2)22(27)19-7-3-4-8-20(19)23(28)24-12-11-21(26)25-13-5-6-14-25/h3-4,7-10,15H,5-6,11-14H2,1-2H3,(H,24,28). The molecule has 0 bridgehead atoms. The zero-order valence-corrected chi connectivity index (χ0v) is 16.5. The van der Waals surface area contributed by atoms with Crippen molar-refractivity contribution in [3.63, 3.8) is 0 Å². The number of likely N-dealkylation sites (tertiary alicyclic amines) is 1. The summed E-state index contributed by atoms with van der Waals surface area (Å²) >= 11 is 0. The van der Waals surface area contributed by atoms with Gasteiger partial charge in [0.25, 0.3) is 5.91 Å². The zero-order valence-electron chi connectivity index (χ0n) is 16.5. The molecule has 1 aliphatic heterocycles. The van der Waals surface area contributed by atoms with E-state index in [1.165, 1.54) is 0 Å². The van der Waals surface area contributed by atoms with E-state index in [4.69, 9.17) is 0 Å². The Morgan fingerprint density at radius 3 is 2.29 bits per heavy atom. The molecular formula is C23H26N2O3. The predicted molar refractivity (Wildman–Crippen MR) is 109 cm³/mol. The first kappa shape index (κ1) is 19.8. The maximum Gasteiger partial charge on any atom is 0.252 e. The molecule has 1 heterocycles. The SMILES string of the molecule is Cc1ccc(C(=O)c2ccccc2C(=O)NCCC(=O)N2CCCC2)cc1C. The molecule has 1 aliphatic rings. The van der Waals surface area contributed by atoms with Gasteiger partial charge in [-0.3, -0.25) is 14.4 Å². The van der Waals surface area contributed by atoms with Crippen LogP contribution < -0.4 is 5.32 Å². The topological polar surface area (TPSA) is 66.5 Å². The minimum absolute atomic E-state index is 0.0669. The second-order valence-electron chi connectivity index (χ2n) is 7.27. The van der Waals surface area contributed by atoms with E-state index in [1.807, 2.05) is 30.9 Å². The number of benzene rings is 2. The summed E-state index contributed by atoms with van der Waals surface area (Å²) < 4.78 is 0. The van der Waals surface area contributed by atoms with Gasteiger partial charge in [-0.05, 0) is 49.9 Å². The summed E-state index contributed by atoms with van der Waals surface area (Å²) in [4.78, 5) is 39.5. The lowest BCUT2D eigenvalue weighted by Gasteiger charge is -2.15. The molecule has 0 saturated carbocycles.